The van der Waals surface area contributed by atoms with Crippen LogP contribution in [0, 0.1) is 11.8 Å². The number of aromatic amines is 1. The molecule has 3 N–H and O–H groups in total. The number of carbonyl (C=O) groups is 2. The van der Waals surface area contributed by atoms with Crippen LogP contribution >= 0.6 is 0 Å². The van der Waals surface area contributed by atoms with E-state index in [1.807, 2.05) is 71.6 Å². The summed E-state index contributed by atoms with van der Waals surface area (Å²) in [7, 11) is 0. The van der Waals surface area contributed by atoms with Crippen LogP contribution in [-0.4, -0.2) is 75.7 Å². The first-order valence-electron chi connectivity index (χ1n) is 20.4. The monoisotopic (exact) mass is 769 g/mol. The van der Waals surface area contributed by atoms with Gasteiger partial charge in [-0.15, -0.1) is 0 Å². The van der Waals surface area contributed by atoms with Crippen molar-refractivity contribution in [2.75, 3.05) is 32.7 Å². The molecule has 10 nitrogen and oxygen atoms in total. The second-order valence-electron chi connectivity index (χ2n) is 16.0. The van der Waals surface area contributed by atoms with Crippen molar-refractivity contribution in [2.24, 2.45) is 11.8 Å². The Morgan fingerprint density at radius 2 is 1.58 bits per heavy atom. The summed E-state index contributed by atoms with van der Waals surface area (Å²) in [5, 5.41) is 21.8. The molecule has 2 bridgehead atoms. The number of aliphatic hydroxyl groups is 1. The molecule has 0 spiro atoms. The number of carbonyl (C=O) groups excluding carboxylic acids is 2. The Morgan fingerprint density at radius 1 is 0.825 bits per heavy atom. The Bertz CT molecular complexity index is 2220. The van der Waals surface area contributed by atoms with E-state index < -0.39 is 6.10 Å². The molecule has 4 fully saturated rings. The molecule has 0 unspecified atom stereocenters. The van der Waals surface area contributed by atoms with Crippen LogP contribution in [-0.2, 0) is 16.1 Å². The number of hydrogen-bond donors (Lipinski definition) is 3. The number of nitrogens with one attached hydrogen (secondary N) is 1. The second-order valence-corrected chi connectivity index (χ2v) is 16.0. The number of likely N-dealkylation sites (tertiary alicyclic amines) is 1. The van der Waals surface area contributed by atoms with Crippen molar-refractivity contribution in [3.05, 3.63) is 141 Å². The largest absolute Gasteiger partial charge is 0.506 e. The third-order valence-electron chi connectivity index (χ3n) is 12.3. The number of amides is 1. The number of H-pyrrole nitrogens is 1. The van der Waals surface area contributed by atoms with E-state index >= 15 is 0 Å². The van der Waals surface area contributed by atoms with Crippen LogP contribution in [0.25, 0.3) is 10.9 Å². The molecule has 5 heterocycles. The van der Waals surface area contributed by atoms with E-state index in [1.165, 1.54) is 12.1 Å². The highest BCUT2D eigenvalue weighted by Gasteiger charge is 2.37. The van der Waals surface area contributed by atoms with Crippen LogP contribution in [0.3, 0.4) is 0 Å². The summed E-state index contributed by atoms with van der Waals surface area (Å²) in [6.45, 7) is 4.70. The van der Waals surface area contributed by atoms with E-state index in [-0.39, 0.29) is 41.6 Å². The molecule has 4 aliphatic rings. The minimum absolute atomic E-state index is 0.0113. The number of rotatable bonds is 13. The summed E-state index contributed by atoms with van der Waals surface area (Å²) in [6.07, 6.45) is 4.79. The summed E-state index contributed by atoms with van der Waals surface area (Å²) in [5.41, 5.74) is 4.35. The number of benzene rings is 4. The fourth-order valence-electron chi connectivity index (χ4n) is 8.98. The van der Waals surface area contributed by atoms with E-state index in [1.54, 1.807) is 12.1 Å². The molecule has 0 radical (unpaired) electrons. The van der Waals surface area contributed by atoms with Gasteiger partial charge in [0.05, 0.1) is 18.0 Å². The molecule has 9 rings (SSSR count). The molecule has 4 aromatic carbocycles. The molecule has 0 saturated carbocycles. The molecule has 0 aliphatic carbocycles. The van der Waals surface area contributed by atoms with Crippen molar-refractivity contribution in [3.8, 4) is 11.5 Å². The number of phenolic OH excluding ortho intramolecular Hbond substituents is 1. The topological polar surface area (TPSA) is 132 Å². The van der Waals surface area contributed by atoms with Gasteiger partial charge in [-0.1, -0.05) is 60.7 Å². The molecule has 10 heteroatoms. The van der Waals surface area contributed by atoms with Crippen LogP contribution in [0.5, 0.6) is 11.5 Å². The quantitative estimate of drug-likeness (QED) is 0.106. The summed E-state index contributed by atoms with van der Waals surface area (Å²) in [5.74, 6) is 1.22. The maximum absolute atomic E-state index is 13.4. The lowest BCUT2D eigenvalue weighted by molar-refractivity contribution is -0.159. The van der Waals surface area contributed by atoms with E-state index in [0.29, 0.717) is 65.7 Å². The van der Waals surface area contributed by atoms with Gasteiger partial charge in [-0.05, 0) is 122 Å². The molecular formula is C47H51N3O7. The summed E-state index contributed by atoms with van der Waals surface area (Å²) >= 11 is 0. The highest BCUT2D eigenvalue weighted by molar-refractivity contribution is 5.94. The van der Waals surface area contributed by atoms with Gasteiger partial charge < -0.3 is 29.6 Å². The lowest BCUT2D eigenvalue weighted by Crippen LogP contribution is -2.52. The number of nitrogens with zero attached hydrogens (tertiary/aromatic N) is 2. The molecule has 1 aromatic heterocycles. The third kappa shape index (κ3) is 9.08. The summed E-state index contributed by atoms with van der Waals surface area (Å²) in [4.78, 5) is 45.5. The Hall–Kier alpha value is -5.45. The SMILES string of the molecule is O=C(C[C@@H](c1ccccc1)c1cccc(OCc2ccc(C(=O)N3CCC(CC[C@H](O)c4ccc(O)c5[nH]c(=O)ccc45)CC3)cc2)c1)O[C@H]1CN2CCC1CC2. The normalized spacial score (nSPS) is 20.6. The van der Waals surface area contributed by atoms with Crippen molar-refractivity contribution in [1.29, 1.82) is 0 Å². The number of fused-ring (bicyclic) bond motifs is 4. The fraction of sp³-hybridized carbons (Fsp3) is 0.383. The van der Waals surface area contributed by atoms with Gasteiger partial charge in [0.2, 0.25) is 5.56 Å². The van der Waals surface area contributed by atoms with Gasteiger partial charge >= 0.3 is 5.97 Å². The van der Waals surface area contributed by atoms with Crippen LogP contribution in [0.2, 0.25) is 0 Å². The number of phenols is 1. The van der Waals surface area contributed by atoms with Crippen molar-refractivity contribution in [2.45, 2.75) is 69.7 Å². The minimum Gasteiger partial charge on any atom is -0.506 e. The van der Waals surface area contributed by atoms with Crippen molar-refractivity contribution in [3.63, 3.8) is 0 Å². The van der Waals surface area contributed by atoms with Crippen LogP contribution in [0.4, 0.5) is 0 Å². The van der Waals surface area contributed by atoms with Crippen molar-refractivity contribution in [1.82, 2.24) is 14.8 Å². The molecule has 3 atom stereocenters. The van der Waals surface area contributed by atoms with E-state index in [2.05, 4.69) is 22.0 Å². The van der Waals surface area contributed by atoms with Crippen LogP contribution in [0.1, 0.15) is 89.6 Å². The average molecular weight is 770 g/mol. The average Bonchev–Trinajstić information content (AvgIpc) is 3.25. The number of piperidine rings is 4. The highest BCUT2D eigenvalue weighted by atomic mass is 16.5. The lowest BCUT2D eigenvalue weighted by atomic mass is 9.85. The zero-order chi connectivity index (χ0) is 39.3. The minimum atomic E-state index is -0.730. The molecule has 57 heavy (non-hydrogen) atoms. The van der Waals surface area contributed by atoms with Gasteiger partial charge in [-0.3, -0.25) is 19.3 Å². The Kier molecular flexibility index (Phi) is 11.7. The number of esters is 1. The first-order valence-corrected chi connectivity index (χ1v) is 20.4. The molecule has 296 valence electrons. The van der Waals surface area contributed by atoms with Gasteiger partial charge in [-0.25, -0.2) is 0 Å². The van der Waals surface area contributed by atoms with Crippen LogP contribution < -0.4 is 10.3 Å². The smallest absolute Gasteiger partial charge is 0.307 e. The van der Waals surface area contributed by atoms with Gasteiger partial charge in [0.15, 0.2) is 0 Å². The maximum Gasteiger partial charge on any atom is 0.307 e. The molecule has 4 saturated heterocycles. The number of hydrogen-bond acceptors (Lipinski definition) is 8. The number of aromatic nitrogens is 1. The molecular weight excluding hydrogens is 719 g/mol. The molecule has 1 amide bonds. The standard InChI is InChI=1S/C47H51N3O7/c51-41(38-14-17-42(52)46-39(38)15-18-44(53)48-46)16-11-31-19-25-50(26-20-31)47(55)35-12-9-32(10-13-35)30-56-37-8-4-7-36(27-37)40(33-5-2-1-3-6-33)28-45(54)57-43-29-49-23-21-34(43)22-24-49/h1-10,12-15,17-18,27,31,34,40-41,43,51-52H,11,16,19-26,28-30H2,(H,48,53)/t40-,41-,43-/m0/s1. The Morgan fingerprint density at radius 3 is 2.32 bits per heavy atom. The second kappa shape index (κ2) is 17.4. The van der Waals surface area contributed by atoms with Gasteiger partial charge in [0, 0.05) is 42.6 Å². The molecule has 4 aliphatic heterocycles. The summed E-state index contributed by atoms with van der Waals surface area (Å²) < 4.78 is 12.3. The zero-order valence-corrected chi connectivity index (χ0v) is 32.2. The van der Waals surface area contributed by atoms with Gasteiger partial charge in [0.1, 0.15) is 24.2 Å². The van der Waals surface area contributed by atoms with Gasteiger partial charge in [0.25, 0.3) is 5.91 Å². The Labute approximate surface area is 333 Å². The molecule has 5 aromatic rings. The Balaban J connectivity index is 0.825. The summed E-state index contributed by atoms with van der Waals surface area (Å²) in [6, 6.07) is 31.9. The van der Waals surface area contributed by atoms with Crippen molar-refractivity contribution < 1.29 is 29.3 Å². The van der Waals surface area contributed by atoms with E-state index in [4.69, 9.17) is 9.47 Å². The van der Waals surface area contributed by atoms with Crippen molar-refractivity contribution >= 4 is 22.8 Å². The number of aliphatic hydroxyl groups excluding tert-OH is 1. The lowest BCUT2D eigenvalue weighted by Gasteiger charge is -2.44. The highest BCUT2D eigenvalue weighted by Crippen LogP contribution is 2.35. The number of ether oxygens (including phenoxy) is 2. The third-order valence-corrected chi connectivity index (χ3v) is 12.3. The number of pyridine rings is 1. The first-order chi connectivity index (χ1) is 27.8. The van der Waals surface area contributed by atoms with Gasteiger partial charge in [-0.2, -0.15) is 0 Å². The number of aromatic hydroxyl groups is 1. The van der Waals surface area contributed by atoms with E-state index in [9.17, 15) is 24.6 Å². The van der Waals surface area contributed by atoms with Crippen LogP contribution in [0.15, 0.2) is 108 Å². The first kappa shape index (κ1) is 38.4. The predicted octanol–water partition coefficient (Wildman–Crippen LogP) is 7.34. The zero-order valence-electron chi connectivity index (χ0n) is 32.2. The fourth-order valence-corrected chi connectivity index (χ4v) is 8.98. The maximum atomic E-state index is 13.4. The van der Waals surface area contributed by atoms with E-state index in [0.717, 1.165) is 68.4 Å². The predicted molar refractivity (Wildman–Crippen MR) is 218 cm³/mol.